The second-order valence-corrected chi connectivity index (χ2v) is 12.9. The maximum atomic E-state index is 2.43. The van der Waals surface area contributed by atoms with Crippen LogP contribution in [0, 0.1) is 0 Å². The zero-order valence-electron chi connectivity index (χ0n) is 25.5. The molecule has 0 aliphatic heterocycles. The fraction of sp³-hybridized carbons (Fsp3) is 0.0667. The van der Waals surface area contributed by atoms with Gasteiger partial charge in [-0.05, 0) is 100 Å². The van der Waals surface area contributed by atoms with Gasteiger partial charge >= 0.3 is 0 Å². The number of benzene rings is 8. The molecule has 0 bridgehead atoms. The molecule has 0 heterocycles. The summed E-state index contributed by atoms with van der Waals surface area (Å²) in [4.78, 5) is 0. The number of hydrogen-bond donors (Lipinski definition) is 0. The molecule has 9 rings (SSSR count). The van der Waals surface area contributed by atoms with Crippen molar-refractivity contribution >= 4 is 32.3 Å². The van der Waals surface area contributed by atoms with Crippen molar-refractivity contribution in [3.8, 4) is 44.5 Å². The normalized spacial score (nSPS) is 13.3. The maximum Gasteiger partial charge on any atom is 0.0159 e. The lowest BCUT2D eigenvalue weighted by atomic mass is 9.81. The fourth-order valence-corrected chi connectivity index (χ4v) is 7.91. The van der Waals surface area contributed by atoms with Gasteiger partial charge < -0.3 is 0 Å². The molecule has 0 fully saturated rings. The van der Waals surface area contributed by atoms with Crippen LogP contribution in [0.4, 0.5) is 0 Å². The van der Waals surface area contributed by atoms with Crippen molar-refractivity contribution in [2.45, 2.75) is 19.3 Å². The molecule has 1 aliphatic rings. The van der Waals surface area contributed by atoms with E-state index in [9.17, 15) is 0 Å². The average Bonchev–Trinajstić information content (AvgIpc) is 3.33. The predicted molar refractivity (Wildman–Crippen MR) is 193 cm³/mol. The third-order valence-electron chi connectivity index (χ3n) is 10.0. The molecule has 0 heteroatoms. The Bertz CT molecular complexity index is 2390. The molecule has 1 aliphatic carbocycles. The minimum absolute atomic E-state index is 0.0343. The molecule has 0 aromatic heterocycles. The van der Waals surface area contributed by atoms with E-state index in [0.29, 0.717) is 0 Å². The van der Waals surface area contributed by atoms with Gasteiger partial charge in [0, 0.05) is 5.41 Å². The smallest absolute Gasteiger partial charge is 0.0159 e. The zero-order valence-corrected chi connectivity index (χ0v) is 25.5. The van der Waals surface area contributed by atoms with Gasteiger partial charge in [0.2, 0.25) is 0 Å². The van der Waals surface area contributed by atoms with Crippen molar-refractivity contribution in [1.29, 1.82) is 0 Å². The summed E-state index contributed by atoms with van der Waals surface area (Å²) in [5.41, 5.74) is 13.1. The van der Waals surface area contributed by atoms with Crippen LogP contribution in [0.2, 0.25) is 0 Å². The Morgan fingerprint density at radius 2 is 0.844 bits per heavy atom. The van der Waals surface area contributed by atoms with Gasteiger partial charge in [0.25, 0.3) is 0 Å². The van der Waals surface area contributed by atoms with Gasteiger partial charge in [0.05, 0.1) is 0 Å². The van der Waals surface area contributed by atoms with Crippen LogP contribution in [0.25, 0.3) is 76.8 Å². The minimum Gasteiger partial charge on any atom is -0.0622 e. The van der Waals surface area contributed by atoms with Crippen LogP contribution in [-0.4, -0.2) is 0 Å². The Hall–Kier alpha value is -5.46. The van der Waals surface area contributed by atoms with E-state index in [2.05, 4.69) is 172 Å². The summed E-state index contributed by atoms with van der Waals surface area (Å²) in [5.74, 6) is 0. The summed E-state index contributed by atoms with van der Waals surface area (Å²) in [5, 5.41) is 7.76. The van der Waals surface area contributed by atoms with E-state index in [-0.39, 0.29) is 5.41 Å². The first kappa shape index (κ1) is 26.0. The van der Waals surface area contributed by atoms with Crippen LogP contribution in [-0.2, 0) is 5.41 Å². The SMILES string of the molecule is CC1(C)c2ccc(-c3cccc(-c4c5ccccc5c(-c5ccccc5)c5ccccc45)c3)cc2-c2c1ccc1ccccc21. The molecule has 0 saturated heterocycles. The Morgan fingerprint density at radius 3 is 1.53 bits per heavy atom. The van der Waals surface area contributed by atoms with E-state index in [4.69, 9.17) is 0 Å². The van der Waals surface area contributed by atoms with E-state index in [1.807, 2.05) is 0 Å². The Kier molecular flexibility index (Phi) is 5.64. The molecule has 212 valence electrons. The molecule has 0 unspecified atom stereocenters. The quantitative estimate of drug-likeness (QED) is 0.185. The third-order valence-corrected chi connectivity index (χ3v) is 10.0. The van der Waals surface area contributed by atoms with Gasteiger partial charge in [0.1, 0.15) is 0 Å². The van der Waals surface area contributed by atoms with Gasteiger partial charge in [-0.2, -0.15) is 0 Å². The highest BCUT2D eigenvalue weighted by Crippen LogP contribution is 2.52. The monoisotopic (exact) mass is 572 g/mol. The van der Waals surface area contributed by atoms with Crippen LogP contribution in [0.3, 0.4) is 0 Å². The zero-order chi connectivity index (χ0) is 30.1. The van der Waals surface area contributed by atoms with Gasteiger partial charge in [-0.3, -0.25) is 0 Å². The lowest BCUT2D eigenvalue weighted by Gasteiger charge is -2.21. The molecular weight excluding hydrogens is 540 g/mol. The van der Waals surface area contributed by atoms with Gasteiger partial charge in [-0.25, -0.2) is 0 Å². The molecule has 0 spiro atoms. The first-order chi connectivity index (χ1) is 22.1. The molecule has 0 N–H and O–H groups in total. The van der Waals surface area contributed by atoms with E-state index >= 15 is 0 Å². The lowest BCUT2D eigenvalue weighted by Crippen LogP contribution is -2.14. The molecule has 0 nitrogen and oxygen atoms in total. The lowest BCUT2D eigenvalue weighted by molar-refractivity contribution is 0.661. The Morgan fingerprint density at radius 1 is 0.333 bits per heavy atom. The summed E-state index contributed by atoms with van der Waals surface area (Å²) in [6, 6.07) is 58.3. The van der Waals surface area contributed by atoms with Crippen molar-refractivity contribution in [2.24, 2.45) is 0 Å². The first-order valence-electron chi connectivity index (χ1n) is 15.9. The molecule has 0 amide bonds. The minimum atomic E-state index is -0.0343. The molecule has 8 aromatic rings. The summed E-state index contributed by atoms with van der Waals surface area (Å²) >= 11 is 0. The summed E-state index contributed by atoms with van der Waals surface area (Å²) in [7, 11) is 0. The highest BCUT2D eigenvalue weighted by molar-refractivity contribution is 6.21. The van der Waals surface area contributed by atoms with Crippen LogP contribution >= 0.6 is 0 Å². The van der Waals surface area contributed by atoms with E-state index in [1.54, 1.807) is 0 Å². The summed E-state index contributed by atoms with van der Waals surface area (Å²) in [6.45, 7) is 4.73. The second kappa shape index (κ2) is 9.78. The maximum absolute atomic E-state index is 2.43. The van der Waals surface area contributed by atoms with Crippen LogP contribution < -0.4 is 0 Å². The topological polar surface area (TPSA) is 0 Å². The molecular formula is C45H32. The van der Waals surface area contributed by atoms with Crippen molar-refractivity contribution in [3.63, 3.8) is 0 Å². The highest BCUT2D eigenvalue weighted by Gasteiger charge is 2.36. The van der Waals surface area contributed by atoms with E-state index in [0.717, 1.165) is 0 Å². The van der Waals surface area contributed by atoms with Gasteiger partial charge in [-0.1, -0.05) is 159 Å². The van der Waals surface area contributed by atoms with Crippen LogP contribution in [0.5, 0.6) is 0 Å². The molecule has 0 radical (unpaired) electrons. The number of fused-ring (bicyclic) bond motifs is 7. The molecule has 45 heavy (non-hydrogen) atoms. The van der Waals surface area contributed by atoms with Gasteiger partial charge in [-0.15, -0.1) is 0 Å². The largest absolute Gasteiger partial charge is 0.0622 e. The summed E-state index contributed by atoms with van der Waals surface area (Å²) < 4.78 is 0. The van der Waals surface area contributed by atoms with Crippen LogP contribution in [0.1, 0.15) is 25.0 Å². The van der Waals surface area contributed by atoms with Crippen molar-refractivity contribution in [1.82, 2.24) is 0 Å². The van der Waals surface area contributed by atoms with Crippen LogP contribution in [0.15, 0.2) is 158 Å². The average molecular weight is 573 g/mol. The van der Waals surface area contributed by atoms with Crippen molar-refractivity contribution in [3.05, 3.63) is 169 Å². The fourth-order valence-electron chi connectivity index (χ4n) is 7.91. The van der Waals surface area contributed by atoms with Crippen molar-refractivity contribution < 1.29 is 0 Å². The molecule has 0 saturated carbocycles. The predicted octanol–water partition coefficient (Wildman–Crippen LogP) is 12.5. The Balaban J connectivity index is 1.26. The van der Waals surface area contributed by atoms with Gasteiger partial charge in [0.15, 0.2) is 0 Å². The van der Waals surface area contributed by atoms with Crippen molar-refractivity contribution in [2.75, 3.05) is 0 Å². The Labute approximate surface area is 264 Å². The number of rotatable bonds is 3. The number of hydrogen-bond acceptors (Lipinski definition) is 0. The highest BCUT2D eigenvalue weighted by atomic mass is 14.4. The third kappa shape index (κ3) is 3.85. The molecule has 0 atom stereocenters. The first-order valence-corrected chi connectivity index (χ1v) is 15.9. The molecule has 8 aromatic carbocycles. The summed E-state index contributed by atoms with van der Waals surface area (Å²) in [6.07, 6.45) is 0. The second-order valence-electron chi connectivity index (χ2n) is 12.9. The standard InChI is InChI=1S/C45H32/c1-45(2)40-25-24-32(28-39(40)44-34-18-7-6-13-29(34)23-26-41(44)45)31-16-12-17-33(27-31)43-37-21-10-8-19-35(37)42(30-14-4-3-5-15-30)36-20-9-11-22-38(36)43/h3-28H,1-2H3. The van der Waals surface area contributed by atoms with E-state index < -0.39 is 0 Å². The van der Waals surface area contributed by atoms with E-state index in [1.165, 1.54) is 88.0 Å².